The van der Waals surface area contributed by atoms with Gasteiger partial charge in [0.2, 0.25) is 12.3 Å². The van der Waals surface area contributed by atoms with Crippen LogP contribution in [0, 0.1) is 0 Å². The highest BCUT2D eigenvalue weighted by Gasteiger charge is 2.49. The van der Waals surface area contributed by atoms with Crippen LogP contribution in [0.25, 0.3) is 17.5 Å². The number of sulfonamides is 1. The zero-order chi connectivity index (χ0) is 20.9. The Labute approximate surface area is 165 Å². The van der Waals surface area contributed by atoms with Crippen molar-refractivity contribution >= 4 is 16.1 Å². The van der Waals surface area contributed by atoms with Crippen LogP contribution in [0.4, 0.5) is 13.2 Å². The van der Waals surface area contributed by atoms with Gasteiger partial charge < -0.3 is 4.42 Å². The van der Waals surface area contributed by atoms with Gasteiger partial charge in [0, 0.05) is 18.7 Å². The van der Waals surface area contributed by atoms with Gasteiger partial charge in [0.25, 0.3) is 0 Å². The molecule has 1 aromatic heterocycles. The van der Waals surface area contributed by atoms with Gasteiger partial charge in [-0.25, -0.2) is 8.42 Å². The molecular weight excluding hydrogens is 407 g/mol. The molecule has 3 aromatic rings. The first-order valence-electron chi connectivity index (χ1n) is 8.41. The fourth-order valence-corrected chi connectivity index (χ4v) is 3.42. The zero-order valence-electron chi connectivity index (χ0n) is 15.0. The summed E-state index contributed by atoms with van der Waals surface area (Å²) in [4.78, 5) is 0. The van der Waals surface area contributed by atoms with E-state index < -0.39 is 22.1 Å². The molecule has 0 saturated heterocycles. The molecule has 0 spiro atoms. The fourth-order valence-electron chi connectivity index (χ4n) is 2.52. The van der Waals surface area contributed by atoms with Crippen molar-refractivity contribution in [3.8, 4) is 11.5 Å². The second-order valence-corrected chi connectivity index (χ2v) is 7.93. The SMILES string of the molecule is O=S(=O)(N(C/C=C/c1ccc(-c2nnco2)cc1)Cc1ccccc1)C(F)(F)F. The molecule has 0 fully saturated rings. The minimum Gasteiger partial charge on any atom is -0.423 e. The van der Waals surface area contributed by atoms with Crippen LogP contribution < -0.4 is 0 Å². The van der Waals surface area contributed by atoms with E-state index in [1.165, 1.54) is 12.5 Å². The second kappa shape index (κ2) is 8.58. The molecule has 29 heavy (non-hydrogen) atoms. The standard InChI is InChI=1S/C19H16F3N3O3S/c20-19(21,22)29(26,27)25(13-16-5-2-1-3-6-16)12-4-7-15-8-10-17(11-9-15)18-24-23-14-28-18/h1-11,14H,12-13H2/b7-4+. The van der Waals surface area contributed by atoms with Gasteiger partial charge in [-0.2, -0.15) is 17.5 Å². The average molecular weight is 423 g/mol. The average Bonchev–Trinajstić information content (AvgIpc) is 3.22. The molecule has 0 unspecified atom stereocenters. The van der Waals surface area contributed by atoms with Crippen molar-refractivity contribution < 1.29 is 26.0 Å². The summed E-state index contributed by atoms with van der Waals surface area (Å²) in [7, 11) is -5.47. The summed E-state index contributed by atoms with van der Waals surface area (Å²) >= 11 is 0. The van der Waals surface area contributed by atoms with Crippen molar-refractivity contribution in [1.82, 2.24) is 14.5 Å². The Kier molecular flexibility index (Phi) is 6.14. The van der Waals surface area contributed by atoms with E-state index in [2.05, 4.69) is 10.2 Å². The molecule has 0 atom stereocenters. The summed E-state index contributed by atoms with van der Waals surface area (Å²) in [5, 5.41) is 7.36. The summed E-state index contributed by atoms with van der Waals surface area (Å²) in [6.45, 7) is -0.814. The lowest BCUT2D eigenvalue weighted by atomic mass is 10.1. The summed E-state index contributed by atoms with van der Waals surface area (Å²) in [6, 6.07) is 14.9. The van der Waals surface area contributed by atoms with E-state index in [9.17, 15) is 21.6 Å². The third-order valence-electron chi connectivity index (χ3n) is 3.97. The number of benzene rings is 2. The molecule has 0 amide bonds. The maximum atomic E-state index is 13.0. The minimum absolute atomic E-state index is 0.339. The first-order valence-corrected chi connectivity index (χ1v) is 9.85. The van der Waals surface area contributed by atoms with Crippen LogP contribution in [-0.4, -0.2) is 35.0 Å². The summed E-state index contributed by atoms with van der Waals surface area (Å²) in [6.07, 6.45) is 4.11. The molecule has 6 nitrogen and oxygen atoms in total. The van der Waals surface area contributed by atoms with Gasteiger partial charge in [-0.15, -0.1) is 10.2 Å². The predicted octanol–water partition coefficient (Wildman–Crippen LogP) is 4.10. The van der Waals surface area contributed by atoms with E-state index in [0.717, 1.165) is 0 Å². The van der Waals surface area contributed by atoms with E-state index in [4.69, 9.17) is 4.42 Å². The molecule has 0 saturated carbocycles. The van der Waals surface area contributed by atoms with Crippen LogP contribution >= 0.6 is 0 Å². The van der Waals surface area contributed by atoms with Gasteiger partial charge in [-0.3, -0.25) is 0 Å². The quantitative estimate of drug-likeness (QED) is 0.572. The van der Waals surface area contributed by atoms with Crippen molar-refractivity contribution in [3.63, 3.8) is 0 Å². The maximum absolute atomic E-state index is 13.0. The highest BCUT2D eigenvalue weighted by Crippen LogP contribution is 2.28. The number of halogens is 3. The Balaban J connectivity index is 1.75. The van der Waals surface area contributed by atoms with Gasteiger partial charge >= 0.3 is 15.5 Å². The Morgan fingerprint density at radius 2 is 1.72 bits per heavy atom. The molecule has 0 aliphatic heterocycles. The Hall–Kier alpha value is -2.98. The van der Waals surface area contributed by atoms with Crippen LogP contribution in [-0.2, 0) is 16.6 Å². The summed E-state index contributed by atoms with van der Waals surface area (Å²) in [5.41, 5.74) is -3.55. The van der Waals surface area contributed by atoms with E-state index in [1.807, 2.05) is 0 Å². The fraction of sp³-hybridized carbons (Fsp3) is 0.158. The van der Waals surface area contributed by atoms with Gasteiger partial charge in [-0.05, 0) is 23.3 Å². The first kappa shape index (κ1) is 20.7. The highest BCUT2D eigenvalue weighted by molar-refractivity contribution is 7.89. The van der Waals surface area contributed by atoms with Crippen LogP contribution in [0.15, 0.2) is 71.5 Å². The maximum Gasteiger partial charge on any atom is 0.511 e. The van der Waals surface area contributed by atoms with Crippen molar-refractivity contribution in [3.05, 3.63) is 78.2 Å². The summed E-state index contributed by atoms with van der Waals surface area (Å²) in [5.74, 6) is 0.339. The molecular formula is C19H16F3N3O3S. The van der Waals surface area contributed by atoms with Gasteiger partial charge in [0.1, 0.15) is 0 Å². The lowest BCUT2D eigenvalue weighted by molar-refractivity contribution is -0.0488. The molecule has 1 heterocycles. The van der Waals surface area contributed by atoms with Crippen molar-refractivity contribution in [2.75, 3.05) is 6.54 Å². The number of hydrogen-bond acceptors (Lipinski definition) is 5. The third-order valence-corrected chi connectivity index (χ3v) is 5.51. The number of nitrogens with zero attached hydrogens (tertiary/aromatic N) is 3. The monoisotopic (exact) mass is 423 g/mol. The van der Waals surface area contributed by atoms with Gasteiger partial charge in [0.15, 0.2) is 0 Å². The zero-order valence-corrected chi connectivity index (χ0v) is 15.8. The van der Waals surface area contributed by atoms with Gasteiger partial charge in [0.05, 0.1) is 0 Å². The first-order chi connectivity index (χ1) is 13.8. The van der Waals surface area contributed by atoms with E-state index >= 15 is 0 Å². The smallest absolute Gasteiger partial charge is 0.423 e. The van der Waals surface area contributed by atoms with Crippen molar-refractivity contribution in [1.29, 1.82) is 0 Å². The normalized spacial score (nSPS) is 12.7. The molecule has 10 heteroatoms. The molecule has 2 aromatic carbocycles. The van der Waals surface area contributed by atoms with E-state index in [1.54, 1.807) is 60.7 Å². The molecule has 0 radical (unpaired) electrons. The number of alkyl halides is 3. The number of rotatable bonds is 7. The predicted molar refractivity (Wildman–Crippen MR) is 101 cm³/mol. The van der Waals surface area contributed by atoms with E-state index in [-0.39, 0.29) is 6.54 Å². The third kappa shape index (κ3) is 5.09. The van der Waals surface area contributed by atoms with Crippen LogP contribution in [0.5, 0.6) is 0 Å². The summed E-state index contributed by atoms with van der Waals surface area (Å²) < 4.78 is 68.4. The molecule has 3 rings (SSSR count). The molecule has 152 valence electrons. The highest BCUT2D eigenvalue weighted by atomic mass is 32.2. The lowest BCUT2D eigenvalue weighted by Gasteiger charge is -2.22. The Bertz CT molecular complexity index is 1050. The van der Waals surface area contributed by atoms with Crippen LogP contribution in [0.1, 0.15) is 11.1 Å². The van der Waals surface area contributed by atoms with Gasteiger partial charge in [-0.1, -0.05) is 54.6 Å². The molecule has 0 bridgehead atoms. The minimum atomic E-state index is -5.47. The van der Waals surface area contributed by atoms with Crippen LogP contribution in [0.2, 0.25) is 0 Å². The van der Waals surface area contributed by atoms with Crippen LogP contribution in [0.3, 0.4) is 0 Å². The number of aromatic nitrogens is 2. The Morgan fingerprint density at radius 1 is 1.03 bits per heavy atom. The molecule has 0 aliphatic carbocycles. The molecule has 0 aliphatic rings. The molecule has 0 N–H and O–H groups in total. The lowest BCUT2D eigenvalue weighted by Crippen LogP contribution is -2.40. The van der Waals surface area contributed by atoms with Crippen molar-refractivity contribution in [2.45, 2.75) is 12.1 Å². The topological polar surface area (TPSA) is 76.3 Å². The number of hydrogen-bond donors (Lipinski definition) is 0. The Morgan fingerprint density at radius 3 is 2.31 bits per heavy atom. The second-order valence-electron chi connectivity index (χ2n) is 6.00. The van der Waals surface area contributed by atoms with E-state index in [0.29, 0.717) is 26.9 Å². The largest absolute Gasteiger partial charge is 0.511 e. The van der Waals surface area contributed by atoms with Crippen molar-refractivity contribution in [2.24, 2.45) is 0 Å².